The highest BCUT2D eigenvalue weighted by Crippen LogP contribution is 2.44. The Morgan fingerprint density at radius 3 is 2.26 bits per heavy atom. The highest BCUT2D eigenvalue weighted by molar-refractivity contribution is 6.13. The number of esters is 1. The van der Waals surface area contributed by atoms with Crippen LogP contribution < -0.4 is 0 Å². The summed E-state index contributed by atoms with van der Waals surface area (Å²) >= 11 is 0. The van der Waals surface area contributed by atoms with Crippen molar-refractivity contribution < 1.29 is 32.2 Å². The van der Waals surface area contributed by atoms with Gasteiger partial charge in [-0.3, -0.25) is 9.59 Å². The summed E-state index contributed by atoms with van der Waals surface area (Å²) in [5, 5.41) is 0. The lowest BCUT2D eigenvalue weighted by Gasteiger charge is -2.34. The summed E-state index contributed by atoms with van der Waals surface area (Å²) < 4.78 is 47.3. The van der Waals surface area contributed by atoms with Crippen LogP contribution in [0.1, 0.15) is 53.9 Å². The predicted molar refractivity (Wildman–Crippen MR) is 91.5 cm³/mol. The highest BCUT2D eigenvalue weighted by Gasteiger charge is 2.57. The lowest BCUT2D eigenvalue weighted by atomic mass is 9.76. The lowest BCUT2D eigenvalue weighted by molar-refractivity contribution is -0.193. The molecule has 1 aromatic carbocycles. The van der Waals surface area contributed by atoms with Crippen LogP contribution in [0.4, 0.5) is 13.2 Å². The zero-order valence-electron chi connectivity index (χ0n) is 15.6. The summed E-state index contributed by atoms with van der Waals surface area (Å²) in [6, 6.07) is 3.80. The molecule has 1 aliphatic carbocycles. The molecule has 148 valence electrons. The molecule has 1 heterocycles. The van der Waals surface area contributed by atoms with E-state index in [0.29, 0.717) is 5.56 Å². The van der Waals surface area contributed by atoms with Crippen molar-refractivity contribution in [3.8, 4) is 0 Å². The molecule has 7 heteroatoms. The molecule has 1 spiro atoms. The first-order valence-electron chi connectivity index (χ1n) is 9.06. The molecule has 0 aromatic heterocycles. The van der Waals surface area contributed by atoms with Crippen molar-refractivity contribution in [3.63, 3.8) is 0 Å². The van der Waals surface area contributed by atoms with E-state index >= 15 is 0 Å². The zero-order valence-corrected chi connectivity index (χ0v) is 15.6. The van der Waals surface area contributed by atoms with E-state index in [-0.39, 0.29) is 31.5 Å². The molecule has 1 aromatic rings. The Morgan fingerprint density at radius 1 is 1.07 bits per heavy atom. The maximum Gasteiger partial charge on any atom is 0.411 e. The Bertz CT molecular complexity index is 761. The van der Waals surface area contributed by atoms with E-state index in [0.717, 1.165) is 16.7 Å². The van der Waals surface area contributed by atoms with Gasteiger partial charge in [-0.05, 0) is 68.7 Å². The summed E-state index contributed by atoms with van der Waals surface area (Å²) in [5.74, 6) is -1.81. The van der Waals surface area contributed by atoms with Gasteiger partial charge in [0.25, 0.3) is 0 Å². The summed E-state index contributed by atoms with van der Waals surface area (Å²) in [6.07, 6.45) is -4.05. The summed E-state index contributed by atoms with van der Waals surface area (Å²) in [7, 11) is 0. The number of alkyl halides is 3. The molecule has 1 unspecified atom stereocenters. The van der Waals surface area contributed by atoms with Crippen molar-refractivity contribution in [1.29, 1.82) is 0 Å². The van der Waals surface area contributed by atoms with E-state index in [1.807, 2.05) is 32.9 Å². The van der Waals surface area contributed by atoms with Crippen molar-refractivity contribution in [2.24, 2.45) is 0 Å². The fourth-order valence-electron chi connectivity index (χ4n) is 4.02. The van der Waals surface area contributed by atoms with Gasteiger partial charge < -0.3 is 9.47 Å². The maximum atomic E-state index is 13.1. The summed E-state index contributed by atoms with van der Waals surface area (Å²) in [6.45, 7) is 4.44. The molecule has 0 bridgehead atoms. The van der Waals surface area contributed by atoms with Crippen LogP contribution in [0.2, 0.25) is 0 Å². The van der Waals surface area contributed by atoms with Gasteiger partial charge in [0, 0.05) is 0 Å². The largest absolute Gasteiger partial charge is 0.450 e. The van der Waals surface area contributed by atoms with E-state index < -0.39 is 36.4 Å². The summed E-state index contributed by atoms with van der Waals surface area (Å²) in [5.41, 5.74) is 2.34. The molecule has 1 aliphatic heterocycles. The van der Waals surface area contributed by atoms with Gasteiger partial charge in [0.1, 0.15) is 12.5 Å². The molecule has 0 amide bonds. The zero-order chi connectivity index (χ0) is 20.0. The van der Waals surface area contributed by atoms with Gasteiger partial charge in [-0.1, -0.05) is 12.1 Å². The number of ketones is 1. The van der Waals surface area contributed by atoms with Gasteiger partial charge in [0.2, 0.25) is 0 Å². The number of hydrogen-bond donors (Lipinski definition) is 0. The average molecular weight is 384 g/mol. The molecule has 1 saturated heterocycles. The van der Waals surface area contributed by atoms with Crippen molar-refractivity contribution in [3.05, 3.63) is 34.4 Å². The van der Waals surface area contributed by atoms with E-state index in [1.54, 1.807) is 0 Å². The number of rotatable bonds is 3. The molecule has 4 nitrogen and oxygen atoms in total. The molecule has 2 fully saturated rings. The second-order valence-corrected chi connectivity index (χ2v) is 7.63. The van der Waals surface area contributed by atoms with E-state index in [2.05, 4.69) is 0 Å². The number of carbonyl (C=O) groups is 2. The number of hydrogen-bond acceptors (Lipinski definition) is 4. The molecule has 2 aliphatic rings. The monoisotopic (exact) mass is 384 g/mol. The van der Waals surface area contributed by atoms with Crippen LogP contribution in [-0.4, -0.2) is 36.2 Å². The molecule has 27 heavy (non-hydrogen) atoms. The third kappa shape index (κ3) is 3.88. The van der Waals surface area contributed by atoms with Crippen LogP contribution in [0.25, 0.3) is 0 Å². The Balaban J connectivity index is 1.75. The topological polar surface area (TPSA) is 52.6 Å². The molecule has 1 atom stereocenters. The smallest absolute Gasteiger partial charge is 0.411 e. The normalized spacial score (nSPS) is 28.7. The number of halogens is 3. The lowest BCUT2D eigenvalue weighted by Crippen LogP contribution is -2.43. The van der Waals surface area contributed by atoms with Crippen LogP contribution in [0, 0.1) is 20.8 Å². The highest BCUT2D eigenvalue weighted by atomic mass is 19.4. The molecular formula is C20H23F3O4. The number of ether oxygens (including phenoxy) is 2. The van der Waals surface area contributed by atoms with Crippen LogP contribution in [0.3, 0.4) is 0 Å². The molecule has 1 saturated carbocycles. The van der Waals surface area contributed by atoms with Gasteiger partial charge in [-0.2, -0.15) is 13.2 Å². The van der Waals surface area contributed by atoms with Gasteiger partial charge >= 0.3 is 12.1 Å². The quantitative estimate of drug-likeness (QED) is 0.582. The number of carbonyl (C=O) groups excluding carboxylic acids is 2. The molecule has 0 N–H and O–H groups in total. The van der Waals surface area contributed by atoms with Gasteiger partial charge in [-0.15, -0.1) is 0 Å². The minimum absolute atomic E-state index is 0.195. The first-order valence-corrected chi connectivity index (χ1v) is 9.06. The van der Waals surface area contributed by atoms with Gasteiger partial charge in [0.05, 0.1) is 6.10 Å². The molecule has 3 rings (SSSR count). The van der Waals surface area contributed by atoms with Crippen molar-refractivity contribution >= 4 is 11.8 Å². The van der Waals surface area contributed by atoms with E-state index in [9.17, 15) is 22.8 Å². The Labute approximate surface area is 156 Å². The predicted octanol–water partition coefficient (Wildman–Crippen LogP) is 4.08. The van der Waals surface area contributed by atoms with Crippen molar-refractivity contribution in [1.82, 2.24) is 0 Å². The SMILES string of the molecule is Cc1cc(C)c(C2C(=O)OC3(CCC(OCC(F)(F)F)CC3)C2=O)cc1C. The van der Waals surface area contributed by atoms with Crippen molar-refractivity contribution in [2.75, 3.05) is 6.61 Å². The number of aryl methyl sites for hydroxylation is 3. The molecule has 0 radical (unpaired) electrons. The second kappa shape index (κ2) is 6.93. The van der Waals surface area contributed by atoms with Crippen LogP contribution >= 0.6 is 0 Å². The van der Waals surface area contributed by atoms with Crippen LogP contribution in [-0.2, 0) is 19.1 Å². The van der Waals surface area contributed by atoms with E-state index in [1.165, 1.54) is 0 Å². The standard InChI is InChI=1S/C20H23F3O4/c1-11-8-13(3)15(9-12(11)2)16-17(24)19(27-18(16)25)6-4-14(5-7-19)26-10-20(21,22)23/h8-9,14,16H,4-7,10H2,1-3H3. The number of benzene rings is 1. The number of Topliss-reactive ketones (excluding diaryl/α,β-unsaturated/α-hetero) is 1. The Morgan fingerprint density at radius 2 is 1.67 bits per heavy atom. The van der Waals surface area contributed by atoms with Crippen molar-refractivity contribution in [2.45, 2.75) is 70.3 Å². The minimum atomic E-state index is -4.38. The fraction of sp³-hybridized carbons (Fsp3) is 0.600. The van der Waals surface area contributed by atoms with Crippen LogP contribution in [0.15, 0.2) is 12.1 Å². The van der Waals surface area contributed by atoms with Crippen LogP contribution in [0.5, 0.6) is 0 Å². The third-order valence-corrected chi connectivity index (χ3v) is 5.66. The average Bonchev–Trinajstić information content (AvgIpc) is 2.80. The first-order chi connectivity index (χ1) is 12.5. The van der Waals surface area contributed by atoms with Gasteiger partial charge in [-0.25, -0.2) is 0 Å². The first kappa shape index (κ1) is 19.9. The summed E-state index contributed by atoms with van der Waals surface area (Å²) in [4.78, 5) is 25.6. The maximum absolute atomic E-state index is 13.1. The molecular weight excluding hydrogens is 361 g/mol. The second-order valence-electron chi connectivity index (χ2n) is 7.63. The Kier molecular flexibility index (Phi) is 5.10. The Hall–Kier alpha value is -1.89. The van der Waals surface area contributed by atoms with Gasteiger partial charge in [0.15, 0.2) is 11.4 Å². The van der Waals surface area contributed by atoms with E-state index in [4.69, 9.17) is 9.47 Å². The minimum Gasteiger partial charge on any atom is -0.450 e. The third-order valence-electron chi connectivity index (χ3n) is 5.66. The fourth-order valence-corrected chi connectivity index (χ4v) is 4.02.